The smallest absolute Gasteiger partial charge is 0.0376 e. The summed E-state index contributed by atoms with van der Waals surface area (Å²) in [7, 11) is 1.97. The maximum Gasteiger partial charge on any atom is 0.0376 e. The van der Waals surface area contributed by atoms with Gasteiger partial charge in [-0.15, -0.1) is 0 Å². The van der Waals surface area contributed by atoms with Crippen molar-refractivity contribution < 1.29 is 0 Å². The van der Waals surface area contributed by atoms with Crippen LogP contribution >= 0.6 is 0 Å². The van der Waals surface area contributed by atoms with Gasteiger partial charge in [0.15, 0.2) is 0 Å². The van der Waals surface area contributed by atoms with Crippen LogP contribution in [0.3, 0.4) is 0 Å². The van der Waals surface area contributed by atoms with E-state index in [1.54, 1.807) is 0 Å². The fraction of sp³-hybridized carbons (Fsp3) is 0.455. The van der Waals surface area contributed by atoms with Gasteiger partial charge in [0.2, 0.25) is 0 Å². The van der Waals surface area contributed by atoms with E-state index in [9.17, 15) is 0 Å². The van der Waals surface area contributed by atoms with Crippen LogP contribution in [0.5, 0.6) is 0 Å². The molecular formula is C11H17N. The Morgan fingerprint density at radius 1 is 1.50 bits per heavy atom. The van der Waals surface area contributed by atoms with E-state index in [4.69, 9.17) is 0 Å². The summed E-state index contributed by atoms with van der Waals surface area (Å²) in [5.74, 6) is 0.553. The van der Waals surface area contributed by atoms with Crippen molar-refractivity contribution in [3.8, 4) is 0 Å². The van der Waals surface area contributed by atoms with E-state index < -0.39 is 0 Å². The highest BCUT2D eigenvalue weighted by atomic mass is 14.8. The molecule has 0 fully saturated rings. The fourth-order valence-electron chi connectivity index (χ4n) is 1.33. The first-order valence-electron chi connectivity index (χ1n) is 4.56. The lowest BCUT2D eigenvalue weighted by molar-refractivity contribution is 0.809. The Morgan fingerprint density at radius 2 is 2.25 bits per heavy atom. The van der Waals surface area contributed by atoms with Gasteiger partial charge < -0.3 is 5.32 Å². The van der Waals surface area contributed by atoms with Gasteiger partial charge in [-0.25, -0.2) is 0 Å². The van der Waals surface area contributed by atoms with Gasteiger partial charge in [0.25, 0.3) is 0 Å². The predicted octanol–water partition coefficient (Wildman–Crippen LogP) is 2.63. The molecule has 0 aromatic rings. The third kappa shape index (κ3) is 1.79. The van der Waals surface area contributed by atoms with Crippen LogP contribution in [0.15, 0.2) is 35.6 Å². The summed E-state index contributed by atoms with van der Waals surface area (Å²) < 4.78 is 0. The maximum absolute atomic E-state index is 3.17. The van der Waals surface area contributed by atoms with Gasteiger partial charge in [-0.1, -0.05) is 32.1 Å². The van der Waals surface area contributed by atoms with Gasteiger partial charge in [0.05, 0.1) is 0 Å². The summed E-state index contributed by atoms with van der Waals surface area (Å²) in [6.45, 7) is 4.38. The van der Waals surface area contributed by atoms with Crippen molar-refractivity contribution in [3.05, 3.63) is 35.6 Å². The number of hydrogen-bond acceptors (Lipinski definition) is 1. The highest BCUT2D eigenvalue weighted by molar-refractivity contribution is 5.46. The molecule has 0 radical (unpaired) electrons. The third-order valence-corrected chi connectivity index (χ3v) is 2.16. The topological polar surface area (TPSA) is 12.0 Å². The molecule has 0 amide bonds. The van der Waals surface area contributed by atoms with Crippen LogP contribution in [0.2, 0.25) is 0 Å². The lowest BCUT2D eigenvalue weighted by Crippen LogP contribution is -2.16. The zero-order chi connectivity index (χ0) is 8.97. The molecule has 1 rings (SSSR count). The number of nitrogens with one attached hydrogen (secondary N) is 1. The van der Waals surface area contributed by atoms with Crippen LogP contribution in [0.25, 0.3) is 0 Å². The molecule has 1 aliphatic carbocycles. The maximum atomic E-state index is 3.17. The highest BCUT2D eigenvalue weighted by Gasteiger charge is 2.13. The molecule has 1 N–H and O–H groups in total. The first-order valence-corrected chi connectivity index (χ1v) is 4.56. The van der Waals surface area contributed by atoms with E-state index in [2.05, 4.69) is 43.5 Å². The highest BCUT2D eigenvalue weighted by Crippen LogP contribution is 2.25. The lowest BCUT2D eigenvalue weighted by Gasteiger charge is -2.21. The zero-order valence-electron chi connectivity index (χ0n) is 8.09. The van der Waals surface area contributed by atoms with Gasteiger partial charge in [-0.3, -0.25) is 0 Å². The number of hydrogen-bond donors (Lipinski definition) is 1. The molecule has 1 heteroatoms. The molecule has 0 aliphatic heterocycles. The van der Waals surface area contributed by atoms with Gasteiger partial charge in [-0.2, -0.15) is 0 Å². The number of likely N-dealkylation sites (N-methyl/N-ethyl adjacent to an activating group) is 1. The minimum Gasteiger partial charge on any atom is -0.388 e. The molecule has 12 heavy (non-hydrogen) atoms. The van der Waals surface area contributed by atoms with Gasteiger partial charge >= 0.3 is 0 Å². The van der Waals surface area contributed by atoms with Crippen molar-refractivity contribution in [1.29, 1.82) is 0 Å². The summed E-state index contributed by atoms with van der Waals surface area (Å²) in [6.07, 6.45) is 9.89. The molecule has 66 valence electrons. The van der Waals surface area contributed by atoms with Crippen LogP contribution in [-0.4, -0.2) is 7.05 Å². The Labute approximate surface area is 74.9 Å². The lowest BCUT2D eigenvalue weighted by atomic mass is 9.91. The minimum absolute atomic E-state index is 0.553. The molecule has 0 spiro atoms. The second kappa shape index (κ2) is 4.15. The molecule has 1 unspecified atom stereocenters. The fourth-order valence-corrected chi connectivity index (χ4v) is 1.33. The summed E-state index contributed by atoms with van der Waals surface area (Å²) >= 11 is 0. The van der Waals surface area contributed by atoms with Crippen LogP contribution in [0.4, 0.5) is 0 Å². The Kier molecular flexibility index (Phi) is 3.15. The molecule has 1 nitrogen and oxygen atoms in total. The summed E-state index contributed by atoms with van der Waals surface area (Å²) in [6, 6.07) is 0. The number of allylic oxidation sites excluding steroid dienone is 5. The molecule has 0 bridgehead atoms. The minimum atomic E-state index is 0.553. The van der Waals surface area contributed by atoms with E-state index in [-0.39, 0.29) is 0 Å². The van der Waals surface area contributed by atoms with E-state index in [1.807, 2.05) is 7.05 Å². The Balaban J connectivity index is 2.45. The average molecular weight is 163 g/mol. The third-order valence-electron chi connectivity index (χ3n) is 2.16. The van der Waals surface area contributed by atoms with Crippen LogP contribution < -0.4 is 5.32 Å². The van der Waals surface area contributed by atoms with Gasteiger partial charge in [-0.05, 0) is 18.1 Å². The Morgan fingerprint density at radius 3 is 2.67 bits per heavy atom. The quantitative estimate of drug-likeness (QED) is 0.628. The summed E-state index contributed by atoms with van der Waals surface area (Å²) in [4.78, 5) is 0. The van der Waals surface area contributed by atoms with Gasteiger partial charge in [0, 0.05) is 18.7 Å². The largest absolute Gasteiger partial charge is 0.388 e. The molecule has 1 atom stereocenters. The average Bonchev–Trinajstić information content (AvgIpc) is 2.00. The first kappa shape index (κ1) is 9.11. The van der Waals surface area contributed by atoms with Crippen molar-refractivity contribution in [1.82, 2.24) is 5.32 Å². The second-order valence-corrected chi connectivity index (χ2v) is 3.08. The second-order valence-electron chi connectivity index (χ2n) is 3.08. The Bertz CT molecular complexity index is 233. The molecule has 0 aromatic carbocycles. The van der Waals surface area contributed by atoms with Crippen molar-refractivity contribution in [2.45, 2.75) is 20.3 Å². The van der Waals surface area contributed by atoms with E-state index in [1.165, 1.54) is 11.3 Å². The molecule has 0 heterocycles. The zero-order valence-corrected chi connectivity index (χ0v) is 8.09. The SMILES string of the molecule is CC/C=C\C(C)C1=CC=C1NC. The monoisotopic (exact) mass is 163 g/mol. The molecule has 0 saturated carbocycles. The summed E-state index contributed by atoms with van der Waals surface area (Å²) in [5, 5.41) is 3.17. The van der Waals surface area contributed by atoms with Crippen LogP contribution in [-0.2, 0) is 0 Å². The van der Waals surface area contributed by atoms with Crippen molar-refractivity contribution in [3.63, 3.8) is 0 Å². The van der Waals surface area contributed by atoms with E-state index >= 15 is 0 Å². The van der Waals surface area contributed by atoms with Crippen LogP contribution in [0.1, 0.15) is 20.3 Å². The first-order chi connectivity index (χ1) is 5.79. The van der Waals surface area contributed by atoms with Gasteiger partial charge in [0.1, 0.15) is 0 Å². The predicted molar refractivity (Wildman–Crippen MR) is 53.8 cm³/mol. The van der Waals surface area contributed by atoms with E-state index in [0.717, 1.165) is 6.42 Å². The molecular weight excluding hydrogens is 146 g/mol. The summed E-state index contributed by atoms with van der Waals surface area (Å²) in [5.41, 5.74) is 2.70. The van der Waals surface area contributed by atoms with Crippen molar-refractivity contribution in [2.24, 2.45) is 5.92 Å². The number of rotatable bonds is 4. The standard InChI is InChI=1S/C11H17N/c1-4-5-6-9(2)10-7-8-11(10)12-3/h5-9,12H,4H2,1-3H3/b6-5-. The molecule has 1 aliphatic rings. The van der Waals surface area contributed by atoms with Crippen molar-refractivity contribution >= 4 is 0 Å². The van der Waals surface area contributed by atoms with E-state index in [0.29, 0.717) is 5.92 Å². The normalized spacial score (nSPS) is 18.2. The molecule has 0 aromatic heterocycles. The van der Waals surface area contributed by atoms with Crippen LogP contribution in [0, 0.1) is 5.92 Å². The Hall–Kier alpha value is -0.980. The molecule has 0 saturated heterocycles. The van der Waals surface area contributed by atoms with Crippen molar-refractivity contribution in [2.75, 3.05) is 7.05 Å².